The zero-order chi connectivity index (χ0) is 18.3. The maximum absolute atomic E-state index is 12.8. The SMILES string of the molecule is Cc1scc(C(=O)NN2C(=O)[C@@H]3CC=CC[C@H]3C2=O)c1-c1ccccc1. The molecule has 1 saturated heterocycles. The van der Waals surface area contributed by atoms with Crippen LogP contribution in [0.1, 0.15) is 28.1 Å². The van der Waals surface area contributed by atoms with Crippen molar-refractivity contribution < 1.29 is 14.4 Å². The molecule has 1 aliphatic carbocycles. The number of carbonyl (C=O) groups is 3. The number of hydrazine groups is 1. The first kappa shape index (κ1) is 16.7. The minimum Gasteiger partial charge on any atom is -0.272 e. The average Bonchev–Trinajstić information content (AvgIpc) is 3.16. The molecule has 1 fully saturated rings. The molecule has 2 aromatic rings. The summed E-state index contributed by atoms with van der Waals surface area (Å²) in [5.41, 5.74) is 4.81. The Bertz CT molecular complexity index is 890. The van der Waals surface area contributed by atoms with Crippen molar-refractivity contribution in [1.29, 1.82) is 0 Å². The van der Waals surface area contributed by atoms with Crippen LogP contribution in [0.25, 0.3) is 11.1 Å². The van der Waals surface area contributed by atoms with Gasteiger partial charge in [-0.1, -0.05) is 42.5 Å². The van der Waals surface area contributed by atoms with Gasteiger partial charge in [0.1, 0.15) is 0 Å². The van der Waals surface area contributed by atoms with Crippen LogP contribution in [-0.2, 0) is 9.59 Å². The second kappa shape index (κ2) is 6.53. The summed E-state index contributed by atoms with van der Waals surface area (Å²) in [6, 6.07) is 9.64. The molecule has 26 heavy (non-hydrogen) atoms. The molecule has 3 amide bonds. The van der Waals surface area contributed by atoms with Gasteiger partial charge in [0.15, 0.2) is 0 Å². The van der Waals surface area contributed by atoms with Gasteiger partial charge in [0.2, 0.25) is 0 Å². The van der Waals surface area contributed by atoms with Gasteiger partial charge in [-0.05, 0) is 25.3 Å². The van der Waals surface area contributed by atoms with Gasteiger partial charge in [-0.2, -0.15) is 5.01 Å². The van der Waals surface area contributed by atoms with Crippen LogP contribution in [0.15, 0.2) is 47.9 Å². The van der Waals surface area contributed by atoms with Crippen LogP contribution in [0.3, 0.4) is 0 Å². The van der Waals surface area contributed by atoms with Gasteiger partial charge in [-0.3, -0.25) is 19.8 Å². The van der Waals surface area contributed by atoms with Crippen molar-refractivity contribution in [2.45, 2.75) is 19.8 Å². The molecule has 5 nitrogen and oxygen atoms in total. The van der Waals surface area contributed by atoms with Crippen molar-refractivity contribution in [2.24, 2.45) is 11.8 Å². The molecule has 0 spiro atoms. The number of rotatable bonds is 3. The van der Waals surface area contributed by atoms with Gasteiger partial charge in [0, 0.05) is 15.8 Å². The number of nitrogens with one attached hydrogen (secondary N) is 1. The van der Waals surface area contributed by atoms with E-state index in [1.165, 1.54) is 11.3 Å². The predicted octanol–water partition coefficient (Wildman–Crippen LogP) is 3.32. The van der Waals surface area contributed by atoms with E-state index in [1.807, 2.05) is 49.4 Å². The fraction of sp³-hybridized carbons (Fsp3) is 0.250. The Kier molecular flexibility index (Phi) is 4.20. The molecular weight excluding hydrogens is 348 g/mol. The number of thiophene rings is 1. The number of allylic oxidation sites excluding steroid dienone is 2. The summed E-state index contributed by atoms with van der Waals surface area (Å²) < 4.78 is 0. The monoisotopic (exact) mass is 366 g/mol. The molecule has 2 aliphatic rings. The lowest BCUT2D eigenvalue weighted by Crippen LogP contribution is -2.46. The molecule has 0 bridgehead atoms. The van der Waals surface area contributed by atoms with E-state index in [2.05, 4.69) is 5.43 Å². The van der Waals surface area contributed by atoms with Crippen molar-refractivity contribution in [3.05, 3.63) is 58.3 Å². The molecule has 0 unspecified atom stereocenters. The van der Waals surface area contributed by atoms with Gasteiger partial charge >= 0.3 is 0 Å². The van der Waals surface area contributed by atoms with Gasteiger partial charge in [0.25, 0.3) is 17.7 Å². The highest BCUT2D eigenvalue weighted by molar-refractivity contribution is 7.10. The number of fused-ring (bicyclic) bond motifs is 1. The lowest BCUT2D eigenvalue weighted by atomic mass is 9.85. The number of nitrogens with zero attached hydrogens (tertiary/aromatic N) is 1. The van der Waals surface area contributed by atoms with E-state index in [4.69, 9.17) is 0 Å². The third-order valence-corrected chi connectivity index (χ3v) is 5.91. The van der Waals surface area contributed by atoms with Gasteiger partial charge in [0.05, 0.1) is 17.4 Å². The minimum atomic E-state index is -0.429. The Labute approximate surface area is 155 Å². The molecule has 4 rings (SSSR count). The maximum Gasteiger partial charge on any atom is 0.271 e. The molecular formula is C20H18N2O3S. The van der Waals surface area contributed by atoms with E-state index < -0.39 is 5.91 Å². The number of aryl methyl sites for hydroxylation is 1. The minimum absolute atomic E-state index is 0.314. The van der Waals surface area contributed by atoms with Crippen LogP contribution in [0.5, 0.6) is 0 Å². The van der Waals surface area contributed by atoms with Gasteiger partial charge in [-0.15, -0.1) is 11.3 Å². The summed E-state index contributed by atoms with van der Waals surface area (Å²) in [6.45, 7) is 1.95. The zero-order valence-corrected chi connectivity index (χ0v) is 15.1. The highest BCUT2D eigenvalue weighted by atomic mass is 32.1. The molecule has 2 atom stereocenters. The molecule has 1 N–H and O–H groups in total. The van der Waals surface area contributed by atoms with E-state index in [-0.39, 0.29) is 23.7 Å². The summed E-state index contributed by atoms with van der Waals surface area (Å²) in [6.07, 6.45) is 4.95. The van der Waals surface area contributed by atoms with Crippen molar-refractivity contribution in [1.82, 2.24) is 10.4 Å². The summed E-state index contributed by atoms with van der Waals surface area (Å²) in [7, 11) is 0. The Morgan fingerprint density at radius 1 is 1.08 bits per heavy atom. The third kappa shape index (κ3) is 2.66. The zero-order valence-electron chi connectivity index (χ0n) is 14.3. The summed E-state index contributed by atoms with van der Waals surface area (Å²) >= 11 is 1.47. The largest absolute Gasteiger partial charge is 0.272 e. The second-order valence-corrected chi connectivity index (χ2v) is 7.64. The quantitative estimate of drug-likeness (QED) is 0.669. The van der Waals surface area contributed by atoms with Crippen LogP contribution in [0, 0.1) is 18.8 Å². The van der Waals surface area contributed by atoms with Crippen LogP contribution in [0.2, 0.25) is 0 Å². The third-order valence-electron chi connectivity index (χ3n) is 5.00. The van der Waals surface area contributed by atoms with Gasteiger partial charge < -0.3 is 0 Å². The first-order valence-electron chi connectivity index (χ1n) is 8.55. The summed E-state index contributed by atoms with van der Waals surface area (Å²) in [5.74, 6) is -1.77. The predicted molar refractivity (Wildman–Crippen MR) is 99.2 cm³/mol. The lowest BCUT2D eigenvalue weighted by molar-refractivity contribution is -0.142. The Morgan fingerprint density at radius 2 is 1.69 bits per heavy atom. The fourth-order valence-electron chi connectivity index (χ4n) is 3.66. The highest BCUT2D eigenvalue weighted by Crippen LogP contribution is 2.35. The van der Waals surface area contributed by atoms with Crippen molar-refractivity contribution in [3.8, 4) is 11.1 Å². The van der Waals surface area contributed by atoms with Crippen molar-refractivity contribution in [2.75, 3.05) is 0 Å². The van der Waals surface area contributed by atoms with Crippen molar-refractivity contribution in [3.63, 3.8) is 0 Å². The number of imide groups is 1. The number of hydrogen-bond acceptors (Lipinski definition) is 4. The van der Waals surface area contributed by atoms with Crippen LogP contribution in [0.4, 0.5) is 0 Å². The number of benzene rings is 1. The van der Waals surface area contributed by atoms with Crippen molar-refractivity contribution >= 4 is 29.1 Å². The molecule has 1 aromatic heterocycles. The standard InChI is InChI=1S/C20H18N2O3S/c1-12-17(13-7-3-2-4-8-13)16(11-26-12)18(23)21-22-19(24)14-9-5-6-10-15(14)20(22)25/h2-8,11,14-15H,9-10H2,1H3,(H,21,23)/t14-,15-/m1/s1. The van der Waals surface area contributed by atoms with E-state index in [0.717, 1.165) is 21.0 Å². The molecule has 0 saturated carbocycles. The first-order chi connectivity index (χ1) is 12.6. The average molecular weight is 366 g/mol. The van der Waals surface area contributed by atoms with E-state index in [0.29, 0.717) is 18.4 Å². The van der Waals surface area contributed by atoms with Crippen LogP contribution in [-0.4, -0.2) is 22.7 Å². The lowest BCUT2D eigenvalue weighted by Gasteiger charge is -2.16. The number of amides is 3. The van der Waals surface area contributed by atoms with E-state index in [1.54, 1.807) is 5.38 Å². The van der Waals surface area contributed by atoms with E-state index in [9.17, 15) is 14.4 Å². The summed E-state index contributed by atoms with van der Waals surface area (Å²) in [4.78, 5) is 38.9. The van der Waals surface area contributed by atoms with Crippen LogP contribution < -0.4 is 5.43 Å². The topological polar surface area (TPSA) is 66.5 Å². The molecule has 132 valence electrons. The number of carbonyl (C=O) groups excluding carboxylic acids is 3. The fourth-order valence-corrected chi connectivity index (χ4v) is 4.52. The molecule has 2 heterocycles. The summed E-state index contributed by atoms with van der Waals surface area (Å²) in [5, 5.41) is 2.69. The number of hydrogen-bond donors (Lipinski definition) is 1. The molecule has 0 radical (unpaired) electrons. The highest BCUT2D eigenvalue weighted by Gasteiger charge is 2.48. The molecule has 1 aliphatic heterocycles. The van der Waals surface area contributed by atoms with Gasteiger partial charge in [-0.25, -0.2) is 0 Å². The Morgan fingerprint density at radius 3 is 2.31 bits per heavy atom. The molecule has 6 heteroatoms. The first-order valence-corrected chi connectivity index (χ1v) is 9.43. The van der Waals surface area contributed by atoms with Crippen LogP contribution >= 0.6 is 11.3 Å². The van der Waals surface area contributed by atoms with E-state index >= 15 is 0 Å². The maximum atomic E-state index is 12.8. The molecule has 1 aromatic carbocycles. The smallest absolute Gasteiger partial charge is 0.271 e. The Balaban J connectivity index is 1.60. The Hall–Kier alpha value is -2.73. The normalized spacial score (nSPS) is 21.8. The second-order valence-electron chi connectivity index (χ2n) is 6.56.